The second-order valence-corrected chi connectivity index (χ2v) is 5.27. The summed E-state index contributed by atoms with van der Waals surface area (Å²) in [7, 11) is 0. The van der Waals surface area contributed by atoms with Crippen LogP contribution in [0.4, 0.5) is 5.69 Å². The van der Waals surface area contributed by atoms with Crippen LogP contribution >= 0.6 is 12.6 Å². The van der Waals surface area contributed by atoms with Crippen LogP contribution in [0.1, 0.15) is 25.0 Å². The van der Waals surface area contributed by atoms with Gasteiger partial charge in [0, 0.05) is 10.4 Å². The van der Waals surface area contributed by atoms with E-state index < -0.39 is 0 Å². The molecule has 1 aliphatic rings. The Morgan fingerprint density at radius 2 is 2.14 bits per heavy atom. The lowest BCUT2D eigenvalue weighted by Gasteiger charge is -2.18. The van der Waals surface area contributed by atoms with Crippen LogP contribution in [-0.4, -0.2) is 5.91 Å². The topological polar surface area (TPSA) is 29.1 Å². The first-order chi connectivity index (χ1) is 6.47. The minimum absolute atomic E-state index is 0.0779. The van der Waals surface area contributed by atoms with Gasteiger partial charge < -0.3 is 5.32 Å². The number of carbonyl (C=O) groups is 1. The molecule has 1 heterocycles. The summed E-state index contributed by atoms with van der Waals surface area (Å²) in [6, 6.07) is 6.02. The average molecular weight is 207 g/mol. The summed E-state index contributed by atoms with van der Waals surface area (Å²) < 4.78 is -0.152. The van der Waals surface area contributed by atoms with E-state index in [9.17, 15) is 4.79 Å². The van der Waals surface area contributed by atoms with E-state index in [2.05, 4.69) is 24.0 Å². The summed E-state index contributed by atoms with van der Waals surface area (Å²) in [5.74, 6) is 0.0779. The van der Waals surface area contributed by atoms with E-state index in [0.717, 1.165) is 16.8 Å². The van der Waals surface area contributed by atoms with Gasteiger partial charge in [0.1, 0.15) is 0 Å². The maximum atomic E-state index is 11.1. The molecule has 0 saturated heterocycles. The van der Waals surface area contributed by atoms with E-state index in [1.54, 1.807) is 0 Å². The van der Waals surface area contributed by atoms with Crippen molar-refractivity contribution in [2.24, 2.45) is 0 Å². The van der Waals surface area contributed by atoms with Crippen LogP contribution in [-0.2, 0) is 16.0 Å². The first-order valence-electron chi connectivity index (χ1n) is 4.62. The lowest BCUT2D eigenvalue weighted by Crippen LogP contribution is -2.07. The average Bonchev–Trinajstić information content (AvgIpc) is 2.41. The fourth-order valence-electron chi connectivity index (χ4n) is 1.61. The molecule has 1 amide bonds. The van der Waals surface area contributed by atoms with Gasteiger partial charge in [-0.15, -0.1) is 0 Å². The van der Waals surface area contributed by atoms with Crippen LogP contribution in [0.15, 0.2) is 18.2 Å². The molecule has 0 atom stereocenters. The molecular weight excluding hydrogens is 194 g/mol. The largest absolute Gasteiger partial charge is 0.326 e. The monoisotopic (exact) mass is 207 g/mol. The van der Waals surface area contributed by atoms with Gasteiger partial charge in [-0.05, 0) is 31.0 Å². The van der Waals surface area contributed by atoms with Gasteiger partial charge in [0.25, 0.3) is 0 Å². The van der Waals surface area contributed by atoms with Crippen LogP contribution in [0.5, 0.6) is 0 Å². The molecule has 0 unspecified atom stereocenters. The van der Waals surface area contributed by atoms with Crippen molar-refractivity contribution in [1.82, 2.24) is 0 Å². The minimum atomic E-state index is -0.152. The van der Waals surface area contributed by atoms with Crippen molar-refractivity contribution in [2.75, 3.05) is 5.32 Å². The normalized spacial score (nSPS) is 15.2. The molecule has 74 valence electrons. The lowest BCUT2D eigenvalue weighted by molar-refractivity contribution is -0.115. The van der Waals surface area contributed by atoms with Crippen molar-refractivity contribution >= 4 is 24.2 Å². The number of benzene rings is 1. The molecule has 1 N–H and O–H groups in total. The highest BCUT2D eigenvalue weighted by Gasteiger charge is 2.21. The molecule has 2 nitrogen and oxygen atoms in total. The van der Waals surface area contributed by atoms with Gasteiger partial charge in [0.05, 0.1) is 6.42 Å². The highest BCUT2D eigenvalue weighted by atomic mass is 32.1. The van der Waals surface area contributed by atoms with Crippen LogP contribution in [0.25, 0.3) is 0 Å². The van der Waals surface area contributed by atoms with Gasteiger partial charge in [0.15, 0.2) is 0 Å². The third-order valence-corrected chi connectivity index (χ3v) is 2.69. The van der Waals surface area contributed by atoms with E-state index in [1.165, 1.54) is 0 Å². The van der Waals surface area contributed by atoms with Gasteiger partial charge in [-0.1, -0.05) is 12.1 Å². The Morgan fingerprint density at radius 3 is 2.79 bits per heavy atom. The predicted molar refractivity (Wildman–Crippen MR) is 60.8 cm³/mol. The van der Waals surface area contributed by atoms with Gasteiger partial charge in [-0.25, -0.2) is 0 Å². The first-order valence-corrected chi connectivity index (χ1v) is 5.07. The Bertz CT molecular complexity index is 393. The molecule has 0 radical (unpaired) electrons. The predicted octanol–water partition coefficient (Wildman–Crippen LogP) is 2.35. The van der Waals surface area contributed by atoms with E-state index in [0.29, 0.717) is 6.42 Å². The molecule has 0 aliphatic carbocycles. The van der Waals surface area contributed by atoms with Gasteiger partial charge in [0.2, 0.25) is 5.91 Å². The Morgan fingerprint density at radius 1 is 1.43 bits per heavy atom. The Hall–Kier alpha value is -0.960. The molecule has 1 aromatic carbocycles. The first kappa shape index (κ1) is 9.59. The number of hydrogen-bond acceptors (Lipinski definition) is 2. The second kappa shape index (κ2) is 3.02. The number of hydrogen-bond donors (Lipinski definition) is 2. The van der Waals surface area contributed by atoms with E-state index in [1.807, 2.05) is 26.0 Å². The van der Waals surface area contributed by atoms with Crippen molar-refractivity contribution in [3.63, 3.8) is 0 Å². The lowest BCUT2D eigenvalue weighted by atomic mass is 9.99. The molecule has 0 fully saturated rings. The number of fused-ring (bicyclic) bond motifs is 1. The van der Waals surface area contributed by atoms with E-state index >= 15 is 0 Å². The summed E-state index contributed by atoms with van der Waals surface area (Å²) in [5, 5.41) is 2.81. The summed E-state index contributed by atoms with van der Waals surface area (Å²) in [5.41, 5.74) is 3.17. The van der Waals surface area contributed by atoms with Crippen LogP contribution in [0, 0.1) is 0 Å². The summed E-state index contributed by atoms with van der Waals surface area (Å²) in [6.45, 7) is 4.09. The zero-order valence-corrected chi connectivity index (χ0v) is 9.19. The molecule has 0 aromatic heterocycles. The summed E-state index contributed by atoms with van der Waals surface area (Å²) in [4.78, 5) is 11.1. The fourth-order valence-corrected chi connectivity index (χ4v) is 1.75. The third kappa shape index (κ3) is 1.64. The molecule has 1 aliphatic heterocycles. The highest BCUT2D eigenvalue weighted by Crippen LogP contribution is 2.32. The standard InChI is InChI=1S/C11H13NOS/c1-11(2,14)8-3-4-9-7(5-8)6-10(13)12-9/h3-5,14H,6H2,1-2H3,(H,12,13). The van der Waals surface area contributed by atoms with E-state index in [4.69, 9.17) is 0 Å². The van der Waals surface area contributed by atoms with Crippen molar-refractivity contribution in [2.45, 2.75) is 25.0 Å². The van der Waals surface area contributed by atoms with Crippen LogP contribution in [0.2, 0.25) is 0 Å². The summed E-state index contributed by atoms with van der Waals surface area (Å²) >= 11 is 4.50. The van der Waals surface area contributed by atoms with Crippen molar-refractivity contribution in [1.29, 1.82) is 0 Å². The maximum absolute atomic E-state index is 11.1. The van der Waals surface area contributed by atoms with Crippen LogP contribution in [0.3, 0.4) is 0 Å². The fraction of sp³-hybridized carbons (Fsp3) is 0.364. The molecule has 2 rings (SSSR count). The number of amides is 1. The number of thiol groups is 1. The van der Waals surface area contributed by atoms with Gasteiger partial charge in [-0.2, -0.15) is 12.6 Å². The Balaban J connectivity index is 2.43. The second-order valence-electron chi connectivity index (χ2n) is 4.16. The van der Waals surface area contributed by atoms with Gasteiger partial charge in [-0.3, -0.25) is 4.79 Å². The number of nitrogens with one attached hydrogen (secondary N) is 1. The molecule has 0 spiro atoms. The van der Waals surface area contributed by atoms with Crippen molar-refractivity contribution in [3.05, 3.63) is 29.3 Å². The highest BCUT2D eigenvalue weighted by molar-refractivity contribution is 7.81. The molecule has 1 aromatic rings. The third-order valence-electron chi connectivity index (χ3n) is 2.44. The Labute approximate surface area is 89.1 Å². The molecule has 0 bridgehead atoms. The number of anilines is 1. The zero-order chi connectivity index (χ0) is 10.3. The molecule has 0 saturated carbocycles. The van der Waals surface area contributed by atoms with Gasteiger partial charge >= 0.3 is 0 Å². The SMILES string of the molecule is CC(C)(S)c1ccc2c(c1)CC(=O)N2. The van der Waals surface area contributed by atoms with Crippen LogP contribution < -0.4 is 5.32 Å². The molecular formula is C11H13NOS. The van der Waals surface area contributed by atoms with Crippen molar-refractivity contribution in [3.8, 4) is 0 Å². The molecule has 3 heteroatoms. The summed E-state index contributed by atoms with van der Waals surface area (Å²) in [6.07, 6.45) is 0.493. The maximum Gasteiger partial charge on any atom is 0.228 e. The van der Waals surface area contributed by atoms with Crippen molar-refractivity contribution < 1.29 is 4.79 Å². The molecule has 14 heavy (non-hydrogen) atoms. The number of rotatable bonds is 1. The zero-order valence-electron chi connectivity index (χ0n) is 8.29. The number of carbonyl (C=O) groups excluding carboxylic acids is 1. The quantitative estimate of drug-likeness (QED) is 0.680. The van der Waals surface area contributed by atoms with E-state index in [-0.39, 0.29) is 10.7 Å². The minimum Gasteiger partial charge on any atom is -0.326 e. The smallest absolute Gasteiger partial charge is 0.228 e. The Kier molecular flexibility index (Phi) is 2.07.